The molecule has 82 valence electrons. The summed E-state index contributed by atoms with van der Waals surface area (Å²) in [7, 11) is 3.89. The fraction of sp³-hybridized carbons (Fsp3) is 0.889. The van der Waals surface area contributed by atoms with Gasteiger partial charge in [-0.25, -0.2) is 0 Å². The molecular weight excluding hydrogens is 184 g/mol. The average Bonchev–Trinajstić information content (AvgIpc) is 2.02. The first kappa shape index (κ1) is 11.4. The first-order valence-corrected chi connectivity index (χ1v) is 4.72. The van der Waals surface area contributed by atoms with E-state index >= 15 is 0 Å². The Hall–Kier alpha value is -0.650. The lowest BCUT2D eigenvalue weighted by molar-refractivity contribution is -0.170. The molecule has 0 radical (unpaired) electrons. The van der Waals surface area contributed by atoms with Gasteiger partial charge in [0.05, 0.1) is 19.8 Å². The number of carbonyl (C=O) groups excluding carboxylic acids is 1. The molecule has 14 heavy (non-hydrogen) atoms. The van der Waals surface area contributed by atoms with Gasteiger partial charge >= 0.3 is 0 Å². The van der Waals surface area contributed by atoms with Gasteiger partial charge in [0.15, 0.2) is 0 Å². The van der Waals surface area contributed by atoms with E-state index in [2.05, 4.69) is 5.32 Å². The summed E-state index contributed by atoms with van der Waals surface area (Å²) in [5.41, 5.74) is -0.674. The molecule has 0 saturated carbocycles. The fourth-order valence-corrected chi connectivity index (χ4v) is 1.22. The van der Waals surface area contributed by atoms with Crippen LogP contribution in [0.3, 0.4) is 0 Å². The van der Waals surface area contributed by atoms with E-state index in [0.29, 0.717) is 19.8 Å². The molecule has 1 fully saturated rings. The number of rotatable bonds is 5. The first-order chi connectivity index (χ1) is 6.60. The van der Waals surface area contributed by atoms with E-state index in [0.717, 1.165) is 6.54 Å². The summed E-state index contributed by atoms with van der Waals surface area (Å²) in [5, 5.41) is 11.9. The van der Waals surface area contributed by atoms with E-state index in [1.54, 1.807) is 0 Å². The molecule has 1 heterocycles. The molecule has 0 atom stereocenters. The fourth-order valence-electron chi connectivity index (χ4n) is 1.22. The van der Waals surface area contributed by atoms with Crippen molar-refractivity contribution in [3.05, 3.63) is 0 Å². The molecule has 0 aromatic heterocycles. The number of nitrogens with one attached hydrogen (secondary N) is 1. The number of nitrogens with zero attached hydrogens (tertiary/aromatic N) is 1. The van der Waals surface area contributed by atoms with Crippen molar-refractivity contribution >= 4 is 5.91 Å². The van der Waals surface area contributed by atoms with Crippen molar-refractivity contribution in [2.75, 3.05) is 47.0 Å². The molecule has 0 spiro atoms. The lowest BCUT2D eigenvalue weighted by Gasteiger charge is -2.38. The topological polar surface area (TPSA) is 61.8 Å². The molecule has 2 N–H and O–H groups in total. The van der Waals surface area contributed by atoms with Gasteiger partial charge in [-0.1, -0.05) is 0 Å². The molecule has 5 nitrogen and oxygen atoms in total. The number of amides is 1. The predicted molar refractivity (Wildman–Crippen MR) is 51.9 cm³/mol. The highest BCUT2D eigenvalue weighted by atomic mass is 16.5. The van der Waals surface area contributed by atoms with Crippen LogP contribution in [0, 0.1) is 5.41 Å². The molecule has 0 aliphatic carbocycles. The van der Waals surface area contributed by atoms with E-state index in [9.17, 15) is 4.79 Å². The van der Waals surface area contributed by atoms with Crippen molar-refractivity contribution in [3.8, 4) is 0 Å². The number of likely N-dealkylation sites (N-methyl/N-ethyl adjacent to an activating group) is 1. The molecular formula is C9H18N2O3. The number of hydrogen-bond acceptors (Lipinski definition) is 4. The Morgan fingerprint density at radius 2 is 2.21 bits per heavy atom. The van der Waals surface area contributed by atoms with Crippen LogP contribution in [0.5, 0.6) is 0 Å². The van der Waals surface area contributed by atoms with Crippen molar-refractivity contribution in [1.82, 2.24) is 10.2 Å². The van der Waals surface area contributed by atoms with Gasteiger partial charge in [0, 0.05) is 13.1 Å². The maximum atomic E-state index is 11.6. The van der Waals surface area contributed by atoms with Gasteiger partial charge in [0.25, 0.3) is 0 Å². The van der Waals surface area contributed by atoms with Gasteiger partial charge in [-0.2, -0.15) is 0 Å². The third-order valence-electron chi connectivity index (χ3n) is 2.39. The monoisotopic (exact) mass is 202 g/mol. The van der Waals surface area contributed by atoms with Gasteiger partial charge in [-0.05, 0) is 14.1 Å². The van der Waals surface area contributed by atoms with E-state index in [1.807, 2.05) is 19.0 Å². The van der Waals surface area contributed by atoms with Crippen molar-refractivity contribution in [3.63, 3.8) is 0 Å². The van der Waals surface area contributed by atoms with Crippen molar-refractivity contribution in [2.45, 2.75) is 0 Å². The summed E-state index contributed by atoms with van der Waals surface area (Å²) in [6.45, 7) is 1.93. The summed E-state index contributed by atoms with van der Waals surface area (Å²) in [6, 6.07) is 0. The minimum Gasteiger partial charge on any atom is -0.395 e. The highest BCUT2D eigenvalue weighted by Crippen LogP contribution is 2.26. The van der Waals surface area contributed by atoms with Gasteiger partial charge < -0.3 is 20.1 Å². The molecule has 0 bridgehead atoms. The number of hydrogen-bond donors (Lipinski definition) is 2. The van der Waals surface area contributed by atoms with Crippen LogP contribution < -0.4 is 5.32 Å². The lowest BCUT2D eigenvalue weighted by Crippen LogP contribution is -2.57. The maximum Gasteiger partial charge on any atom is 0.233 e. The predicted octanol–water partition coefficient (Wildman–Crippen LogP) is -1.33. The van der Waals surface area contributed by atoms with Gasteiger partial charge in [-0.3, -0.25) is 4.79 Å². The van der Waals surface area contributed by atoms with Gasteiger partial charge in [0.2, 0.25) is 5.91 Å². The number of carbonyl (C=O) groups is 1. The number of aliphatic hydroxyl groups excluding tert-OH is 1. The summed E-state index contributed by atoms with van der Waals surface area (Å²) in [4.78, 5) is 13.6. The Labute approximate surface area is 84.0 Å². The third kappa shape index (κ3) is 2.43. The molecule has 1 saturated heterocycles. The Balaban J connectivity index is 2.27. The van der Waals surface area contributed by atoms with Crippen LogP contribution in [0.1, 0.15) is 0 Å². The quantitative estimate of drug-likeness (QED) is 0.580. The van der Waals surface area contributed by atoms with Crippen molar-refractivity contribution in [1.29, 1.82) is 0 Å². The van der Waals surface area contributed by atoms with E-state index in [4.69, 9.17) is 9.84 Å². The van der Waals surface area contributed by atoms with Crippen LogP contribution in [-0.4, -0.2) is 62.9 Å². The zero-order valence-corrected chi connectivity index (χ0v) is 8.75. The minimum atomic E-state index is -0.674. The van der Waals surface area contributed by atoms with Crippen LogP contribution >= 0.6 is 0 Å². The van der Waals surface area contributed by atoms with Crippen LogP contribution in [0.4, 0.5) is 0 Å². The smallest absolute Gasteiger partial charge is 0.233 e. The molecule has 1 aliphatic rings. The average molecular weight is 202 g/mol. The van der Waals surface area contributed by atoms with E-state index in [-0.39, 0.29) is 12.5 Å². The highest BCUT2D eigenvalue weighted by Gasteiger charge is 2.45. The zero-order chi connectivity index (χ0) is 10.6. The molecule has 1 amide bonds. The molecule has 0 unspecified atom stereocenters. The minimum absolute atomic E-state index is 0.104. The molecule has 0 aromatic rings. The SMILES string of the molecule is CN(C)CCNC(=O)C1(CO)COC1. The van der Waals surface area contributed by atoms with Crippen molar-refractivity contribution < 1.29 is 14.6 Å². The normalized spacial score (nSPS) is 19.1. The molecule has 0 aromatic carbocycles. The summed E-state index contributed by atoms with van der Waals surface area (Å²) in [6.07, 6.45) is 0. The Bertz CT molecular complexity index is 197. The lowest BCUT2D eigenvalue weighted by atomic mass is 9.86. The second kappa shape index (κ2) is 4.72. The van der Waals surface area contributed by atoms with Crippen LogP contribution in [0.25, 0.3) is 0 Å². The number of aliphatic hydroxyl groups is 1. The second-order valence-electron chi connectivity index (χ2n) is 3.99. The Morgan fingerprint density at radius 3 is 2.57 bits per heavy atom. The third-order valence-corrected chi connectivity index (χ3v) is 2.39. The standard InChI is InChI=1S/C9H18N2O3/c1-11(2)4-3-10-8(13)9(5-12)6-14-7-9/h12H,3-7H2,1-2H3,(H,10,13). The van der Waals surface area contributed by atoms with E-state index in [1.165, 1.54) is 0 Å². The number of ether oxygens (including phenoxy) is 1. The highest BCUT2D eigenvalue weighted by molar-refractivity contribution is 5.83. The van der Waals surface area contributed by atoms with Crippen molar-refractivity contribution in [2.24, 2.45) is 5.41 Å². The van der Waals surface area contributed by atoms with E-state index < -0.39 is 5.41 Å². The van der Waals surface area contributed by atoms with Crippen LogP contribution in [-0.2, 0) is 9.53 Å². The second-order valence-corrected chi connectivity index (χ2v) is 3.99. The summed E-state index contributed by atoms with van der Waals surface area (Å²) < 4.78 is 4.95. The molecule has 1 rings (SSSR count). The largest absolute Gasteiger partial charge is 0.395 e. The van der Waals surface area contributed by atoms with Crippen LogP contribution in [0.15, 0.2) is 0 Å². The zero-order valence-electron chi connectivity index (χ0n) is 8.75. The van der Waals surface area contributed by atoms with Gasteiger partial charge in [0.1, 0.15) is 5.41 Å². The molecule has 5 heteroatoms. The maximum absolute atomic E-state index is 11.6. The molecule has 1 aliphatic heterocycles. The first-order valence-electron chi connectivity index (χ1n) is 4.72. The summed E-state index contributed by atoms with van der Waals surface area (Å²) >= 11 is 0. The summed E-state index contributed by atoms with van der Waals surface area (Å²) in [5.74, 6) is -0.104. The van der Waals surface area contributed by atoms with Gasteiger partial charge in [-0.15, -0.1) is 0 Å². The Morgan fingerprint density at radius 1 is 1.57 bits per heavy atom. The Kier molecular flexibility index (Phi) is 3.86. The van der Waals surface area contributed by atoms with Crippen LogP contribution in [0.2, 0.25) is 0 Å².